The standard InChI is InChI=1S/C20H20ClN3O2S/c1-13-11-14(21)5-7-16(13)22-20-23-19(25)17(27-20)12-15-6-8-18(26-15)24-9-3-2-4-10-24/h5-8,11-12H,2-4,9-10H2,1H3,(H,22,23,25)/b17-12-. The highest BCUT2D eigenvalue weighted by Gasteiger charge is 2.25. The molecule has 2 aromatic rings. The van der Waals surface area contributed by atoms with Crippen LogP contribution >= 0.6 is 23.4 Å². The van der Waals surface area contributed by atoms with E-state index in [1.54, 1.807) is 12.1 Å². The van der Waals surface area contributed by atoms with Gasteiger partial charge in [-0.1, -0.05) is 11.6 Å². The van der Waals surface area contributed by atoms with E-state index in [0.717, 1.165) is 30.2 Å². The van der Waals surface area contributed by atoms with Gasteiger partial charge in [0.25, 0.3) is 5.91 Å². The molecule has 2 fully saturated rings. The number of carbonyl (C=O) groups excluding carboxylic acids is 1. The Labute approximate surface area is 167 Å². The summed E-state index contributed by atoms with van der Waals surface area (Å²) >= 11 is 7.29. The van der Waals surface area contributed by atoms with Gasteiger partial charge in [-0.15, -0.1) is 0 Å². The van der Waals surface area contributed by atoms with Crippen LogP contribution in [0.15, 0.2) is 44.6 Å². The molecule has 0 radical (unpaired) electrons. The average Bonchev–Trinajstić information content (AvgIpc) is 3.26. The summed E-state index contributed by atoms with van der Waals surface area (Å²) in [6.45, 7) is 3.99. The zero-order valence-electron chi connectivity index (χ0n) is 15.0. The molecule has 3 heterocycles. The van der Waals surface area contributed by atoms with Crippen molar-refractivity contribution in [2.45, 2.75) is 26.2 Å². The maximum atomic E-state index is 12.3. The first-order chi connectivity index (χ1) is 13.1. The predicted molar refractivity (Wildman–Crippen MR) is 112 cm³/mol. The van der Waals surface area contributed by atoms with Gasteiger partial charge in [-0.25, -0.2) is 4.99 Å². The minimum absolute atomic E-state index is 0.165. The fourth-order valence-electron chi connectivity index (χ4n) is 3.17. The summed E-state index contributed by atoms with van der Waals surface area (Å²) in [5.41, 5.74) is 1.74. The lowest BCUT2D eigenvalue weighted by atomic mass is 10.1. The molecule has 7 heteroatoms. The molecule has 140 valence electrons. The molecule has 1 amide bonds. The molecule has 1 aromatic carbocycles. The van der Waals surface area contributed by atoms with Crippen molar-refractivity contribution in [2.24, 2.45) is 4.99 Å². The minimum Gasteiger partial charge on any atom is -0.441 e. The number of nitrogens with zero attached hydrogens (tertiary/aromatic N) is 2. The average molecular weight is 402 g/mol. The van der Waals surface area contributed by atoms with E-state index in [0.29, 0.717) is 20.9 Å². The summed E-state index contributed by atoms with van der Waals surface area (Å²) in [4.78, 5) is 19.6. The molecule has 0 bridgehead atoms. The Kier molecular flexibility index (Phi) is 5.27. The maximum Gasteiger partial charge on any atom is 0.264 e. The van der Waals surface area contributed by atoms with Crippen LogP contribution in [0.5, 0.6) is 0 Å². The number of amides is 1. The first-order valence-corrected chi connectivity index (χ1v) is 10.2. The van der Waals surface area contributed by atoms with Crippen LogP contribution in [0, 0.1) is 6.92 Å². The number of hydrogen-bond donors (Lipinski definition) is 1. The molecule has 1 aromatic heterocycles. The number of benzene rings is 1. The van der Waals surface area contributed by atoms with Gasteiger partial charge in [-0.05, 0) is 67.8 Å². The molecule has 27 heavy (non-hydrogen) atoms. The third kappa shape index (κ3) is 4.22. The highest BCUT2D eigenvalue weighted by molar-refractivity contribution is 8.18. The van der Waals surface area contributed by atoms with E-state index in [-0.39, 0.29) is 5.91 Å². The number of aryl methyl sites for hydroxylation is 1. The van der Waals surface area contributed by atoms with E-state index in [1.165, 1.54) is 31.0 Å². The molecule has 0 saturated carbocycles. The van der Waals surface area contributed by atoms with Gasteiger partial charge in [0.1, 0.15) is 5.76 Å². The van der Waals surface area contributed by atoms with Crippen molar-refractivity contribution in [3.8, 4) is 0 Å². The first-order valence-electron chi connectivity index (χ1n) is 8.99. The second kappa shape index (κ2) is 7.82. The monoisotopic (exact) mass is 401 g/mol. The maximum absolute atomic E-state index is 12.3. The molecule has 0 unspecified atom stereocenters. The Morgan fingerprint density at radius 3 is 2.81 bits per heavy atom. The molecule has 4 rings (SSSR count). The number of rotatable bonds is 3. The Morgan fingerprint density at radius 2 is 2.04 bits per heavy atom. The van der Waals surface area contributed by atoms with Gasteiger partial charge in [-0.3, -0.25) is 4.79 Å². The fourth-order valence-corrected chi connectivity index (χ4v) is 4.21. The van der Waals surface area contributed by atoms with Gasteiger partial charge in [0.2, 0.25) is 0 Å². The Hall–Kier alpha value is -2.18. The molecule has 2 aliphatic heterocycles. The summed E-state index contributed by atoms with van der Waals surface area (Å²) in [6.07, 6.45) is 5.43. The zero-order chi connectivity index (χ0) is 18.8. The molecule has 2 aliphatic rings. The number of nitrogens with one attached hydrogen (secondary N) is 1. The number of piperidine rings is 1. The summed E-state index contributed by atoms with van der Waals surface area (Å²) in [6, 6.07) is 9.36. The quantitative estimate of drug-likeness (QED) is 0.725. The third-order valence-electron chi connectivity index (χ3n) is 4.59. The normalized spacial score (nSPS) is 20.5. The number of aliphatic imine (C=N–C) groups is 1. The second-order valence-electron chi connectivity index (χ2n) is 6.64. The van der Waals surface area contributed by atoms with Crippen molar-refractivity contribution in [3.63, 3.8) is 0 Å². The predicted octanol–water partition coefficient (Wildman–Crippen LogP) is 5.12. The van der Waals surface area contributed by atoms with Gasteiger partial charge < -0.3 is 14.6 Å². The van der Waals surface area contributed by atoms with Crippen LogP contribution in [-0.4, -0.2) is 24.2 Å². The number of amidine groups is 1. The number of halogens is 1. The largest absolute Gasteiger partial charge is 0.441 e. The summed E-state index contributed by atoms with van der Waals surface area (Å²) in [5, 5.41) is 4.03. The van der Waals surface area contributed by atoms with E-state index < -0.39 is 0 Å². The van der Waals surface area contributed by atoms with Crippen molar-refractivity contribution in [1.82, 2.24) is 5.32 Å². The van der Waals surface area contributed by atoms with Crippen LogP contribution < -0.4 is 10.2 Å². The number of thioether (sulfide) groups is 1. The van der Waals surface area contributed by atoms with Crippen LogP contribution in [0.1, 0.15) is 30.6 Å². The van der Waals surface area contributed by atoms with E-state index in [2.05, 4.69) is 15.2 Å². The van der Waals surface area contributed by atoms with Crippen LogP contribution in [0.3, 0.4) is 0 Å². The Balaban J connectivity index is 1.50. The van der Waals surface area contributed by atoms with E-state index >= 15 is 0 Å². The van der Waals surface area contributed by atoms with Gasteiger partial charge in [0.05, 0.1) is 10.6 Å². The molecule has 0 aliphatic carbocycles. The fraction of sp³-hybridized carbons (Fsp3) is 0.300. The van der Waals surface area contributed by atoms with Gasteiger partial charge in [0, 0.05) is 30.3 Å². The second-order valence-corrected chi connectivity index (χ2v) is 8.10. The Bertz CT molecular complexity index is 929. The molecule has 0 spiro atoms. The highest BCUT2D eigenvalue weighted by atomic mass is 35.5. The van der Waals surface area contributed by atoms with Crippen molar-refractivity contribution in [2.75, 3.05) is 18.0 Å². The Morgan fingerprint density at radius 1 is 1.22 bits per heavy atom. The number of furan rings is 1. The van der Waals surface area contributed by atoms with Crippen LogP contribution in [0.25, 0.3) is 6.08 Å². The molecule has 1 N–H and O–H groups in total. The van der Waals surface area contributed by atoms with Crippen molar-refractivity contribution in [3.05, 3.63) is 51.6 Å². The van der Waals surface area contributed by atoms with E-state index in [9.17, 15) is 4.79 Å². The summed E-state index contributed by atoms with van der Waals surface area (Å²) < 4.78 is 5.92. The molecule has 5 nitrogen and oxygen atoms in total. The summed E-state index contributed by atoms with van der Waals surface area (Å²) in [5.74, 6) is 1.38. The van der Waals surface area contributed by atoms with E-state index in [4.69, 9.17) is 16.0 Å². The topological polar surface area (TPSA) is 57.8 Å². The van der Waals surface area contributed by atoms with Crippen molar-refractivity contribution in [1.29, 1.82) is 0 Å². The van der Waals surface area contributed by atoms with Gasteiger partial charge >= 0.3 is 0 Å². The van der Waals surface area contributed by atoms with Crippen molar-refractivity contribution >= 4 is 52.1 Å². The smallest absolute Gasteiger partial charge is 0.264 e. The number of carbonyl (C=O) groups is 1. The number of hydrogen-bond acceptors (Lipinski definition) is 5. The SMILES string of the molecule is Cc1cc(Cl)ccc1N=C1NC(=O)/C(=C/c2ccc(N3CCCCC3)o2)S1. The van der Waals surface area contributed by atoms with Gasteiger partial charge in [0.15, 0.2) is 11.1 Å². The van der Waals surface area contributed by atoms with E-state index in [1.807, 2.05) is 31.2 Å². The molecular weight excluding hydrogens is 382 g/mol. The van der Waals surface area contributed by atoms with Crippen LogP contribution in [0.2, 0.25) is 5.02 Å². The van der Waals surface area contributed by atoms with Crippen molar-refractivity contribution < 1.29 is 9.21 Å². The van der Waals surface area contributed by atoms with Gasteiger partial charge in [-0.2, -0.15) is 0 Å². The first kappa shape index (κ1) is 18.2. The molecular formula is C20H20ClN3O2S. The minimum atomic E-state index is -0.165. The highest BCUT2D eigenvalue weighted by Crippen LogP contribution is 2.31. The lowest BCUT2D eigenvalue weighted by Crippen LogP contribution is -2.28. The lowest BCUT2D eigenvalue weighted by molar-refractivity contribution is -0.115. The number of anilines is 1. The van der Waals surface area contributed by atoms with Crippen LogP contribution in [0.4, 0.5) is 11.6 Å². The summed E-state index contributed by atoms with van der Waals surface area (Å²) in [7, 11) is 0. The molecule has 0 atom stereocenters. The molecule has 2 saturated heterocycles. The van der Waals surface area contributed by atoms with Crippen LogP contribution in [-0.2, 0) is 4.79 Å². The zero-order valence-corrected chi connectivity index (χ0v) is 16.6. The third-order valence-corrected chi connectivity index (χ3v) is 5.73. The lowest BCUT2D eigenvalue weighted by Gasteiger charge is -2.25.